The zero-order valence-electron chi connectivity index (χ0n) is 16.8. The molecule has 1 amide bonds. The summed E-state index contributed by atoms with van der Waals surface area (Å²) in [5.74, 6) is 1.58. The van der Waals surface area contributed by atoms with Gasteiger partial charge in [0, 0.05) is 47.2 Å². The molecular formula is C21H24Cl2N4O2. The molecule has 1 aromatic heterocycles. The molecule has 6 nitrogen and oxygen atoms in total. The lowest BCUT2D eigenvalue weighted by Crippen LogP contribution is -2.47. The van der Waals surface area contributed by atoms with Crippen LogP contribution in [0, 0.1) is 6.92 Å². The molecule has 2 aromatic rings. The third-order valence-electron chi connectivity index (χ3n) is 5.27. The lowest BCUT2D eigenvalue weighted by atomic mass is 10.0. The van der Waals surface area contributed by atoms with Gasteiger partial charge in [-0.3, -0.25) is 4.79 Å². The number of hydrogen-bond acceptors (Lipinski definition) is 5. The highest BCUT2D eigenvalue weighted by Crippen LogP contribution is 2.30. The lowest BCUT2D eigenvalue weighted by molar-refractivity contribution is -0.00560. The Hall–Kier alpha value is -1.89. The van der Waals surface area contributed by atoms with E-state index in [1.165, 1.54) is 0 Å². The van der Waals surface area contributed by atoms with Gasteiger partial charge >= 0.3 is 0 Å². The van der Waals surface area contributed by atoms with E-state index in [2.05, 4.69) is 23.7 Å². The molecule has 0 N–H and O–H groups in total. The quantitative estimate of drug-likeness (QED) is 0.716. The second kappa shape index (κ2) is 8.09. The van der Waals surface area contributed by atoms with Crippen LogP contribution in [0.15, 0.2) is 18.2 Å². The van der Waals surface area contributed by atoms with Crippen LogP contribution in [0.5, 0.6) is 0 Å². The molecular weight excluding hydrogens is 411 g/mol. The topological polar surface area (TPSA) is 58.6 Å². The first-order valence-corrected chi connectivity index (χ1v) is 10.6. The SMILES string of the molecule is Cc1nc2c(c(N3CC(C)OC(C)C3)n1)CN(C(=O)c1cc(Cl)cc(Cl)c1)CC2. The third kappa shape index (κ3) is 4.34. The van der Waals surface area contributed by atoms with Crippen molar-refractivity contribution >= 4 is 34.9 Å². The molecule has 0 radical (unpaired) electrons. The molecule has 0 saturated carbocycles. The Morgan fingerprint density at radius 3 is 2.41 bits per heavy atom. The Morgan fingerprint density at radius 2 is 1.76 bits per heavy atom. The first kappa shape index (κ1) is 20.4. The first-order valence-electron chi connectivity index (χ1n) is 9.82. The summed E-state index contributed by atoms with van der Waals surface area (Å²) < 4.78 is 5.88. The minimum atomic E-state index is -0.0877. The summed E-state index contributed by atoms with van der Waals surface area (Å²) in [5.41, 5.74) is 2.53. The van der Waals surface area contributed by atoms with Crippen LogP contribution in [0.2, 0.25) is 10.0 Å². The van der Waals surface area contributed by atoms with Gasteiger partial charge in [-0.25, -0.2) is 9.97 Å². The molecule has 0 spiro atoms. The van der Waals surface area contributed by atoms with Crippen LogP contribution in [0.3, 0.4) is 0 Å². The number of aromatic nitrogens is 2. The fourth-order valence-corrected chi connectivity index (χ4v) is 4.69. The number of benzene rings is 1. The number of carbonyl (C=O) groups excluding carboxylic acids is 1. The average molecular weight is 435 g/mol. The predicted molar refractivity (Wildman–Crippen MR) is 114 cm³/mol. The number of aryl methyl sites for hydroxylation is 1. The molecule has 29 heavy (non-hydrogen) atoms. The molecule has 8 heteroatoms. The van der Waals surface area contributed by atoms with Gasteiger partial charge in [0.15, 0.2) is 0 Å². The maximum absolute atomic E-state index is 13.1. The van der Waals surface area contributed by atoms with Gasteiger partial charge in [-0.05, 0) is 39.0 Å². The predicted octanol–water partition coefficient (Wildman–Crippen LogP) is 3.90. The zero-order chi connectivity index (χ0) is 20.7. The first-order chi connectivity index (χ1) is 13.8. The number of hydrogen-bond donors (Lipinski definition) is 0. The van der Waals surface area contributed by atoms with Gasteiger partial charge in [-0.15, -0.1) is 0 Å². The Balaban J connectivity index is 1.65. The number of halogens is 2. The number of fused-ring (bicyclic) bond motifs is 1. The summed E-state index contributed by atoms with van der Waals surface area (Å²) in [7, 11) is 0. The van der Waals surface area contributed by atoms with Crippen molar-refractivity contribution in [2.45, 2.75) is 45.9 Å². The molecule has 0 bridgehead atoms. The molecule has 1 aromatic carbocycles. The molecule has 2 unspecified atom stereocenters. The molecule has 154 valence electrons. The van der Waals surface area contributed by atoms with Crippen molar-refractivity contribution < 1.29 is 9.53 Å². The zero-order valence-corrected chi connectivity index (χ0v) is 18.3. The summed E-state index contributed by atoms with van der Waals surface area (Å²) in [4.78, 5) is 26.6. The second-order valence-electron chi connectivity index (χ2n) is 7.82. The van der Waals surface area contributed by atoms with Crippen LogP contribution in [-0.2, 0) is 17.7 Å². The van der Waals surface area contributed by atoms with E-state index in [0.717, 1.165) is 36.0 Å². The molecule has 2 aliphatic rings. The summed E-state index contributed by atoms with van der Waals surface area (Å²) >= 11 is 12.2. The van der Waals surface area contributed by atoms with E-state index in [0.29, 0.717) is 35.1 Å². The largest absolute Gasteiger partial charge is 0.372 e. The molecule has 2 atom stereocenters. The minimum Gasteiger partial charge on any atom is -0.372 e. The van der Waals surface area contributed by atoms with Crippen LogP contribution >= 0.6 is 23.2 Å². The van der Waals surface area contributed by atoms with Gasteiger partial charge in [0.25, 0.3) is 5.91 Å². The Bertz CT molecular complexity index is 922. The highest BCUT2D eigenvalue weighted by atomic mass is 35.5. The number of carbonyl (C=O) groups is 1. The van der Waals surface area contributed by atoms with Gasteiger partial charge < -0.3 is 14.5 Å². The molecule has 3 heterocycles. The average Bonchev–Trinajstić information content (AvgIpc) is 2.65. The lowest BCUT2D eigenvalue weighted by Gasteiger charge is -2.38. The summed E-state index contributed by atoms with van der Waals surface area (Å²) in [6.07, 6.45) is 0.945. The summed E-state index contributed by atoms with van der Waals surface area (Å²) in [6, 6.07) is 4.94. The van der Waals surface area contributed by atoms with Crippen molar-refractivity contribution in [2.24, 2.45) is 0 Å². The number of rotatable bonds is 2. The Kier molecular flexibility index (Phi) is 5.69. The maximum atomic E-state index is 13.1. The summed E-state index contributed by atoms with van der Waals surface area (Å²) in [6.45, 7) is 8.66. The van der Waals surface area contributed by atoms with Crippen LogP contribution in [0.1, 0.15) is 41.3 Å². The van der Waals surface area contributed by atoms with E-state index in [1.54, 1.807) is 18.2 Å². The monoisotopic (exact) mass is 434 g/mol. The number of amides is 1. The maximum Gasteiger partial charge on any atom is 0.254 e. The molecule has 4 rings (SSSR count). The van der Waals surface area contributed by atoms with E-state index >= 15 is 0 Å². The van der Waals surface area contributed by atoms with Crippen molar-refractivity contribution in [3.8, 4) is 0 Å². The fourth-order valence-electron chi connectivity index (χ4n) is 4.16. The van der Waals surface area contributed by atoms with Crippen LogP contribution < -0.4 is 4.90 Å². The highest BCUT2D eigenvalue weighted by molar-refractivity contribution is 6.35. The van der Waals surface area contributed by atoms with Crippen LogP contribution in [-0.4, -0.2) is 52.6 Å². The van der Waals surface area contributed by atoms with Gasteiger partial charge in [-0.1, -0.05) is 23.2 Å². The highest BCUT2D eigenvalue weighted by Gasteiger charge is 2.31. The van der Waals surface area contributed by atoms with Gasteiger partial charge in [0.2, 0.25) is 0 Å². The third-order valence-corrected chi connectivity index (χ3v) is 5.70. The van der Waals surface area contributed by atoms with Crippen LogP contribution in [0.25, 0.3) is 0 Å². The number of morpholine rings is 1. The van der Waals surface area contributed by atoms with E-state index in [9.17, 15) is 4.79 Å². The van der Waals surface area contributed by atoms with Crippen molar-refractivity contribution in [3.63, 3.8) is 0 Å². The molecule has 1 fully saturated rings. The fraction of sp³-hybridized carbons (Fsp3) is 0.476. The summed E-state index contributed by atoms with van der Waals surface area (Å²) in [5, 5.41) is 0.906. The number of anilines is 1. The minimum absolute atomic E-state index is 0.0877. The van der Waals surface area contributed by atoms with Crippen LogP contribution in [0.4, 0.5) is 5.82 Å². The second-order valence-corrected chi connectivity index (χ2v) is 8.69. The Morgan fingerprint density at radius 1 is 1.10 bits per heavy atom. The normalized spacial score (nSPS) is 21.8. The number of nitrogens with zero attached hydrogens (tertiary/aromatic N) is 4. The van der Waals surface area contributed by atoms with Gasteiger partial charge in [0.1, 0.15) is 11.6 Å². The molecule has 2 aliphatic heterocycles. The molecule has 0 aliphatic carbocycles. The van der Waals surface area contributed by atoms with Gasteiger partial charge in [-0.2, -0.15) is 0 Å². The van der Waals surface area contributed by atoms with E-state index in [-0.39, 0.29) is 18.1 Å². The molecule has 1 saturated heterocycles. The Labute approximate surface area is 180 Å². The smallest absolute Gasteiger partial charge is 0.254 e. The van der Waals surface area contributed by atoms with E-state index in [1.807, 2.05) is 11.8 Å². The number of ether oxygens (including phenoxy) is 1. The van der Waals surface area contributed by atoms with E-state index in [4.69, 9.17) is 32.9 Å². The standard InChI is InChI=1S/C21H24Cl2N4O2/c1-12-9-27(10-13(2)29-12)20-18-11-26(5-4-19(18)24-14(3)25-20)21(28)15-6-16(22)8-17(23)7-15/h6-8,12-13H,4-5,9-11H2,1-3H3. The van der Waals surface area contributed by atoms with Gasteiger partial charge in [0.05, 0.1) is 24.4 Å². The van der Waals surface area contributed by atoms with Crippen molar-refractivity contribution in [3.05, 3.63) is 50.9 Å². The van der Waals surface area contributed by atoms with Crippen molar-refractivity contribution in [1.82, 2.24) is 14.9 Å². The van der Waals surface area contributed by atoms with E-state index < -0.39 is 0 Å². The van der Waals surface area contributed by atoms with Crippen molar-refractivity contribution in [1.29, 1.82) is 0 Å². The van der Waals surface area contributed by atoms with Crippen molar-refractivity contribution in [2.75, 3.05) is 24.5 Å².